The number of benzene rings is 1. The van der Waals surface area contributed by atoms with Gasteiger partial charge in [-0.2, -0.15) is 0 Å². The molecule has 0 saturated carbocycles. The van der Waals surface area contributed by atoms with Crippen LogP contribution in [0.15, 0.2) is 30.3 Å². The van der Waals surface area contributed by atoms with Crippen molar-refractivity contribution in [2.24, 2.45) is 11.7 Å². The van der Waals surface area contributed by atoms with Gasteiger partial charge in [-0.3, -0.25) is 0 Å². The molecule has 1 aromatic carbocycles. The molecule has 0 heterocycles. The Bertz CT molecular complexity index is 269. The van der Waals surface area contributed by atoms with Gasteiger partial charge in [0.2, 0.25) is 0 Å². The molecule has 2 heteroatoms. The monoisotopic (exact) mass is 206 g/mol. The molecule has 0 aromatic heterocycles. The van der Waals surface area contributed by atoms with E-state index >= 15 is 0 Å². The van der Waals surface area contributed by atoms with Gasteiger partial charge in [-0.05, 0) is 18.5 Å². The predicted octanol–water partition coefficient (Wildman–Crippen LogP) is 2.10. The van der Waals surface area contributed by atoms with Gasteiger partial charge in [-0.25, -0.2) is 0 Å². The molecule has 0 aliphatic heterocycles. The molecule has 15 heavy (non-hydrogen) atoms. The van der Waals surface area contributed by atoms with Crippen LogP contribution in [0.5, 0.6) is 0 Å². The lowest BCUT2D eigenvalue weighted by Crippen LogP contribution is -2.38. The maximum absolute atomic E-state index is 6.03. The van der Waals surface area contributed by atoms with Gasteiger partial charge in [0.05, 0.1) is 0 Å². The highest BCUT2D eigenvalue weighted by Gasteiger charge is 2.10. The Morgan fingerprint density at radius 2 is 1.80 bits per heavy atom. The van der Waals surface area contributed by atoms with Crippen LogP contribution >= 0.6 is 0 Å². The van der Waals surface area contributed by atoms with E-state index in [4.69, 9.17) is 5.73 Å². The molecule has 0 fully saturated rings. The maximum Gasteiger partial charge on any atom is 0.0231 e. The molecule has 1 aromatic rings. The molecule has 0 spiro atoms. The highest BCUT2D eigenvalue weighted by atomic mass is 15.1. The molecule has 0 aliphatic carbocycles. The second-order valence-corrected chi connectivity index (χ2v) is 4.59. The molecule has 0 unspecified atom stereocenters. The van der Waals surface area contributed by atoms with E-state index in [0.29, 0.717) is 5.92 Å². The standard InChI is InChI=1S/C13H22N2/c1-11(2)13(14)10-15(3)9-12-7-5-4-6-8-12/h4-8,11,13H,9-10,14H2,1-3H3/t13-/m1/s1. The first kappa shape index (κ1) is 12.2. The zero-order valence-corrected chi connectivity index (χ0v) is 9.98. The van der Waals surface area contributed by atoms with Crippen molar-refractivity contribution in [3.05, 3.63) is 35.9 Å². The van der Waals surface area contributed by atoms with Gasteiger partial charge in [0, 0.05) is 19.1 Å². The number of rotatable bonds is 5. The summed E-state index contributed by atoms with van der Waals surface area (Å²) in [7, 11) is 2.12. The van der Waals surface area contributed by atoms with Gasteiger partial charge in [0.25, 0.3) is 0 Å². The Labute approximate surface area is 93.1 Å². The summed E-state index contributed by atoms with van der Waals surface area (Å²) in [6, 6.07) is 10.8. The van der Waals surface area contributed by atoms with Crippen LogP contribution in [-0.2, 0) is 6.54 Å². The zero-order chi connectivity index (χ0) is 11.3. The van der Waals surface area contributed by atoms with Crippen LogP contribution in [0.3, 0.4) is 0 Å². The number of likely N-dealkylation sites (N-methyl/N-ethyl adjacent to an activating group) is 1. The van der Waals surface area contributed by atoms with Crippen molar-refractivity contribution in [3.8, 4) is 0 Å². The lowest BCUT2D eigenvalue weighted by Gasteiger charge is -2.23. The maximum atomic E-state index is 6.03. The van der Waals surface area contributed by atoms with Crippen molar-refractivity contribution in [2.75, 3.05) is 13.6 Å². The topological polar surface area (TPSA) is 29.3 Å². The van der Waals surface area contributed by atoms with E-state index in [-0.39, 0.29) is 6.04 Å². The molecule has 0 amide bonds. The number of nitrogens with two attached hydrogens (primary N) is 1. The van der Waals surface area contributed by atoms with Gasteiger partial charge in [0.15, 0.2) is 0 Å². The summed E-state index contributed by atoms with van der Waals surface area (Å²) in [6.07, 6.45) is 0. The average Bonchev–Trinajstić information content (AvgIpc) is 2.18. The van der Waals surface area contributed by atoms with E-state index in [1.54, 1.807) is 0 Å². The minimum absolute atomic E-state index is 0.263. The van der Waals surface area contributed by atoms with Crippen LogP contribution in [0.25, 0.3) is 0 Å². The van der Waals surface area contributed by atoms with Crippen LogP contribution in [0.2, 0.25) is 0 Å². The first-order valence-corrected chi connectivity index (χ1v) is 5.57. The molecule has 2 N–H and O–H groups in total. The summed E-state index contributed by atoms with van der Waals surface area (Å²) < 4.78 is 0. The van der Waals surface area contributed by atoms with E-state index < -0.39 is 0 Å². The van der Waals surface area contributed by atoms with Gasteiger partial charge in [-0.1, -0.05) is 44.2 Å². The number of nitrogens with zero attached hydrogens (tertiary/aromatic N) is 1. The van der Waals surface area contributed by atoms with E-state index in [2.05, 4.69) is 50.1 Å². The number of hydrogen-bond donors (Lipinski definition) is 1. The minimum Gasteiger partial charge on any atom is -0.326 e. The Balaban J connectivity index is 2.39. The molecule has 1 atom stereocenters. The quantitative estimate of drug-likeness (QED) is 0.799. The molecule has 2 nitrogen and oxygen atoms in total. The van der Waals surface area contributed by atoms with Gasteiger partial charge in [0.1, 0.15) is 0 Å². The summed E-state index contributed by atoms with van der Waals surface area (Å²) in [5, 5.41) is 0. The second-order valence-electron chi connectivity index (χ2n) is 4.59. The Hall–Kier alpha value is -0.860. The van der Waals surface area contributed by atoms with E-state index in [1.165, 1.54) is 5.56 Å². The molecule has 0 radical (unpaired) electrons. The fourth-order valence-electron chi connectivity index (χ4n) is 1.53. The number of hydrogen-bond acceptors (Lipinski definition) is 2. The fourth-order valence-corrected chi connectivity index (χ4v) is 1.53. The van der Waals surface area contributed by atoms with Crippen LogP contribution in [0.1, 0.15) is 19.4 Å². The first-order chi connectivity index (χ1) is 7.09. The fraction of sp³-hybridized carbons (Fsp3) is 0.538. The SMILES string of the molecule is CC(C)[C@H](N)CN(C)Cc1ccccc1. The highest BCUT2D eigenvalue weighted by molar-refractivity contribution is 5.14. The molecule has 84 valence electrons. The first-order valence-electron chi connectivity index (χ1n) is 5.57. The normalized spacial score (nSPS) is 13.5. The van der Waals surface area contributed by atoms with Crippen molar-refractivity contribution in [1.82, 2.24) is 4.90 Å². The van der Waals surface area contributed by atoms with Crippen molar-refractivity contribution in [1.29, 1.82) is 0 Å². The lowest BCUT2D eigenvalue weighted by atomic mass is 10.1. The molecular weight excluding hydrogens is 184 g/mol. The summed E-state index contributed by atoms with van der Waals surface area (Å²) in [5.41, 5.74) is 7.37. The summed E-state index contributed by atoms with van der Waals surface area (Å²) in [6.45, 7) is 6.26. The van der Waals surface area contributed by atoms with E-state index in [9.17, 15) is 0 Å². The molecule has 0 aliphatic rings. The van der Waals surface area contributed by atoms with Crippen LogP contribution in [0.4, 0.5) is 0 Å². The van der Waals surface area contributed by atoms with Gasteiger partial charge >= 0.3 is 0 Å². The Kier molecular flexibility index (Phi) is 4.79. The third kappa shape index (κ3) is 4.45. The largest absolute Gasteiger partial charge is 0.326 e. The second kappa shape index (κ2) is 5.89. The van der Waals surface area contributed by atoms with Gasteiger partial charge in [-0.15, -0.1) is 0 Å². The van der Waals surface area contributed by atoms with Gasteiger partial charge < -0.3 is 10.6 Å². The lowest BCUT2D eigenvalue weighted by molar-refractivity contribution is 0.277. The Morgan fingerprint density at radius 3 is 2.33 bits per heavy atom. The van der Waals surface area contributed by atoms with Crippen LogP contribution < -0.4 is 5.73 Å². The third-order valence-corrected chi connectivity index (χ3v) is 2.67. The summed E-state index contributed by atoms with van der Waals surface area (Å²) in [5.74, 6) is 0.545. The van der Waals surface area contributed by atoms with Crippen molar-refractivity contribution in [2.45, 2.75) is 26.4 Å². The zero-order valence-electron chi connectivity index (χ0n) is 9.98. The van der Waals surface area contributed by atoms with Crippen molar-refractivity contribution in [3.63, 3.8) is 0 Å². The Morgan fingerprint density at radius 1 is 1.20 bits per heavy atom. The molecule has 1 rings (SSSR count). The smallest absolute Gasteiger partial charge is 0.0231 e. The molecule has 0 saturated heterocycles. The van der Waals surface area contributed by atoms with E-state index in [1.807, 2.05) is 6.07 Å². The van der Waals surface area contributed by atoms with Crippen LogP contribution in [-0.4, -0.2) is 24.5 Å². The molecule has 0 bridgehead atoms. The summed E-state index contributed by atoms with van der Waals surface area (Å²) in [4.78, 5) is 2.28. The third-order valence-electron chi connectivity index (χ3n) is 2.67. The van der Waals surface area contributed by atoms with Crippen molar-refractivity contribution < 1.29 is 0 Å². The highest BCUT2D eigenvalue weighted by Crippen LogP contribution is 2.05. The minimum atomic E-state index is 0.263. The summed E-state index contributed by atoms with van der Waals surface area (Å²) >= 11 is 0. The molecular formula is C13H22N2. The average molecular weight is 206 g/mol. The predicted molar refractivity (Wildman–Crippen MR) is 65.6 cm³/mol. The van der Waals surface area contributed by atoms with Crippen molar-refractivity contribution >= 4 is 0 Å². The van der Waals surface area contributed by atoms with Crippen LogP contribution in [0, 0.1) is 5.92 Å². The van der Waals surface area contributed by atoms with E-state index in [0.717, 1.165) is 13.1 Å².